The van der Waals surface area contributed by atoms with Crippen LogP contribution in [0.3, 0.4) is 0 Å². The van der Waals surface area contributed by atoms with Gasteiger partial charge < -0.3 is 49.7 Å². The number of alkyl carbamates (subject to hydrolysis) is 2. The molecule has 0 aliphatic carbocycles. The Morgan fingerprint density at radius 1 is 0.596 bits per heavy atom. The summed E-state index contributed by atoms with van der Waals surface area (Å²) < 4.78 is 32.9. The molecule has 0 bridgehead atoms. The molecule has 2 aromatic rings. The van der Waals surface area contributed by atoms with Gasteiger partial charge in [0, 0.05) is 12.1 Å². The second-order valence-corrected chi connectivity index (χ2v) is 15.8. The van der Waals surface area contributed by atoms with E-state index in [1.807, 2.05) is 20.8 Å². The molecular weight excluding hydrogens is 736 g/mol. The fourth-order valence-electron chi connectivity index (χ4n) is 4.80. The number of benzene rings is 2. The van der Waals surface area contributed by atoms with Crippen molar-refractivity contribution in [2.24, 2.45) is 5.92 Å². The van der Waals surface area contributed by atoms with Gasteiger partial charge in [-0.05, 0) is 116 Å². The van der Waals surface area contributed by atoms with Gasteiger partial charge >= 0.3 is 18.2 Å². The van der Waals surface area contributed by atoms with Crippen LogP contribution >= 0.6 is 0 Å². The van der Waals surface area contributed by atoms with Gasteiger partial charge in [0.15, 0.2) is 34.6 Å². The summed E-state index contributed by atoms with van der Waals surface area (Å²) in [4.78, 5) is 63.3. The molecule has 314 valence electrons. The molecule has 57 heavy (non-hydrogen) atoms. The fraction of sp³-hybridized carbons (Fsp3) is 0.500. The largest absolute Gasteiger partial charge is 0.493 e. The Bertz CT molecular complexity index is 1620. The number of methoxy groups -OCH3 is 2. The summed E-state index contributed by atoms with van der Waals surface area (Å²) in [5.74, 6) is -0.372. The van der Waals surface area contributed by atoms with Crippen molar-refractivity contribution in [3.05, 3.63) is 59.7 Å². The number of urea groups is 1. The van der Waals surface area contributed by atoms with Crippen LogP contribution in [0.1, 0.15) is 79.9 Å². The first-order valence-electron chi connectivity index (χ1n) is 18.6. The standard InChI is InChI=1S/C42H60N4O11/c1-40(2,3)46-37(49)43-21-20-30(31(47)16-12-28-14-18-33(35(26-28)52-10)54-24-22-44-38(50)56-41(4,5)6)32(48)17-13-29-15-19-34(36(27-29)53-11)55-25-23-45-39(51)57-42(7,8)9/h12-19,26-27,30H,20-25H2,1-11H3,(H,44,50)(H,45,51)(H2,43,46,49)/b16-12+,17-13+. The molecule has 4 amide bonds. The van der Waals surface area contributed by atoms with Crippen LogP contribution in [-0.4, -0.2) is 93.6 Å². The maximum absolute atomic E-state index is 13.6. The van der Waals surface area contributed by atoms with Crippen LogP contribution in [0.15, 0.2) is 48.6 Å². The number of hydrogen-bond donors (Lipinski definition) is 4. The van der Waals surface area contributed by atoms with E-state index >= 15 is 0 Å². The van der Waals surface area contributed by atoms with Crippen LogP contribution in [0, 0.1) is 5.92 Å². The average molecular weight is 797 g/mol. The van der Waals surface area contributed by atoms with Crippen molar-refractivity contribution in [3.8, 4) is 23.0 Å². The number of allylic oxidation sites excluding steroid dienone is 2. The van der Waals surface area contributed by atoms with Gasteiger partial charge in [-0.2, -0.15) is 0 Å². The predicted octanol–water partition coefficient (Wildman–Crippen LogP) is 6.48. The molecule has 0 aliphatic rings. The van der Waals surface area contributed by atoms with Gasteiger partial charge in [-0.3, -0.25) is 9.59 Å². The van der Waals surface area contributed by atoms with Gasteiger partial charge in [0.25, 0.3) is 0 Å². The lowest BCUT2D eigenvalue weighted by molar-refractivity contribution is -0.127. The van der Waals surface area contributed by atoms with E-state index in [0.717, 1.165) is 0 Å². The van der Waals surface area contributed by atoms with Crippen molar-refractivity contribution < 1.29 is 52.4 Å². The van der Waals surface area contributed by atoms with Crippen LogP contribution in [0.2, 0.25) is 0 Å². The summed E-state index contributed by atoms with van der Waals surface area (Å²) in [6.45, 7) is 16.9. The molecule has 0 spiro atoms. The number of ketones is 2. The molecular formula is C42H60N4O11. The third-order valence-electron chi connectivity index (χ3n) is 7.21. The molecule has 15 nitrogen and oxygen atoms in total. The molecule has 0 atom stereocenters. The van der Waals surface area contributed by atoms with Crippen molar-refractivity contribution >= 4 is 41.9 Å². The highest BCUT2D eigenvalue weighted by molar-refractivity contribution is 6.13. The maximum Gasteiger partial charge on any atom is 0.407 e. The lowest BCUT2D eigenvalue weighted by Gasteiger charge is -2.21. The Morgan fingerprint density at radius 3 is 1.39 bits per heavy atom. The SMILES string of the molecule is COc1cc(/C=C/C(=O)C(CCNC(=O)NC(C)(C)C)C(=O)/C=C/c2ccc(OCCNC(=O)OC(C)(C)C)c(OC)c2)ccc1OCCNC(=O)OC(C)(C)C. The van der Waals surface area contributed by atoms with Gasteiger partial charge in [0.1, 0.15) is 24.4 Å². The number of amides is 4. The average Bonchev–Trinajstić information content (AvgIpc) is 3.09. The summed E-state index contributed by atoms with van der Waals surface area (Å²) in [6, 6.07) is 9.71. The topological polar surface area (TPSA) is 189 Å². The van der Waals surface area contributed by atoms with Gasteiger partial charge in [-0.1, -0.05) is 24.3 Å². The highest BCUT2D eigenvalue weighted by atomic mass is 16.6. The zero-order valence-electron chi connectivity index (χ0n) is 35.1. The first-order valence-corrected chi connectivity index (χ1v) is 18.6. The highest BCUT2D eigenvalue weighted by Gasteiger charge is 2.24. The van der Waals surface area contributed by atoms with Crippen LogP contribution in [0.5, 0.6) is 23.0 Å². The Morgan fingerprint density at radius 2 is 1.02 bits per heavy atom. The minimum Gasteiger partial charge on any atom is -0.493 e. The van der Waals surface area contributed by atoms with E-state index in [0.29, 0.717) is 34.1 Å². The fourth-order valence-corrected chi connectivity index (χ4v) is 4.80. The molecule has 0 aliphatic heterocycles. The monoisotopic (exact) mass is 796 g/mol. The number of carbonyl (C=O) groups excluding carboxylic acids is 5. The minimum absolute atomic E-state index is 0.0464. The lowest BCUT2D eigenvalue weighted by Crippen LogP contribution is -2.47. The summed E-state index contributed by atoms with van der Waals surface area (Å²) in [5, 5.41) is 10.8. The van der Waals surface area contributed by atoms with E-state index in [1.165, 1.54) is 26.4 Å². The summed E-state index contributed by atoms with van der Waals surface area (Å²) >= 11 is 0. The molecule has 0 heterocycles. The normalized spacial score (nSPS) is 11.9. The van der Waals surface area contributed by atoms with Crippen molar-refractivity contribution in [1.82, 2.24) is 21.3 Å². The van der Waals surface area contributed by atoms with E-state index in [1.54, 1.807) is 90.1 Å². The number of ether oxygens (including phenoxy) is 6. The molecule has 4 N–H and O–H groups in total. The lowest BCUT2D eigenvalue weighted by atomic mass is 9.93. The Balaban J connectivity index is 2.15. The maximum atomic E-state index is 13.6. The number of hydrogen-bond acceptors (Lipinski definition) is 11. The summed E-state index contributed by atoms with van der Waals surface area (Å²) in [7, 11) is 2.96. The van der Waals surface area contributed by atoms with Gasteiger partial charge in [0.2, 0.25) is 0 Å². The van der Waals surface area contributed by atoms with E-state index in [2.05, 4.69) is 21.3 Å². The smallest absolute Gasteiger partial charge is 0.407 e. The van der Waals surface area contributed by atoms with E-state index in [-0.39, 0.29) is 39.3 Å². The Hall–Kier alpha value is -5.73. The number of rotatable bonds is 19. The Labute approximate surface area is 336 Å². The molecule has 2 rings (SSSR count). The van der Waals surface area contributed by atoms with Gasteiger partial charge in [-0.15, -0.1) is 0 Å². The molecule has 2 aromatic carbocycles. The quantitative estimate of drug-likeness (QED) is 0.0692. The molecule has 0 unspecified atom stereocenters. The van der Waals surface area contributed by atoms with Crippen molar-refractivity contribution in [1.29, 1.82) is 0 Å². The van der Waals surface area contributed by atoms with Crippen LogP contribution in [0.4, 0.5) is 14.4 Å². The molecule has 0 fully saturated rings. The highest BCUT2D eigenvalue weighted by Crippen LogP contribution is 2.30. The Kier molecular flexibility index (Phi) is 18.4. The zero-order chi connectivity index (χ0) is 42.8. The van der Waals surface area contributed by atoms with Gasteiger partial charge in [-0.25, -0.2) is 14.4 Å². The van der Waals surface area contributed by atoms with Crippen molar-refractivity contribution in [2.45, 2.75) is 85.5 Å². The molecule has 0 saturated carbocycles. The van der Waals surface area contributed by atoms with Crippen molar-refractivity contribution in [2.75, 3.05) is 47.1 Å². The van der Waals surface area contributed by atoms with Crippen molar-refractivity contribution in [3.63, 3.8) is 0 Å². The first-order chi connectivity index (χ1) is 26.6. The summed E-state index contributed by atoms with van der Waals surface area (Å²) in [5.41, 5.74) is -0.489. The molecule has 15 heteroatoms. The van der Waals surface area contributed by atoms with E-state index in [9.17, 15) is 24.0 Å². The third kappa shape index (κ3) is 19.6. The third-order valence-corrected chi connectivity index (χ3v) is 7.21. The molecule has 0 aromatic heterocycles. The second-order valence-electron chi connectivity index (χ2n) is 15.8. The van der Waals surface area contributed by atoms with Crippen LogP contribution in [-0.2, 0) is 19.1 Å². The van der Waals surface area contributed by atoms with Crippen LogP contribution < -0.4 is 40.2 Å². The number of carbonyl (C=O) groups is 5. The second kappa shape index (κ2) is 22.1. The first kappa shape index (κ1) is 47.4. The summed E-state index contributed by atoms with van der Waals surface area (Å²) in [6.07, 6.45) is 4.71. The molecule has 0 radical (unpaired) electrons. The number of nitrogens with one attached hydrogen (secondary N) is 4. The molecule has 0 saturated heterocycles. The van der Waals surface area contributed by atoms with Crippen LogP contribution in [0.25, 0.3) is 12.2 Å². The zero-order valence-corrected chi connectivity index (χ0v) is 35.1. The van der Waals surface area contributed by atoms with Gasteiger partial charge in [0.05, 0.1) is 33.2 Å². The van der Waals surface area contributed by atoms with E-state index in [4.69, 9.17) is 28.4 Å². The predicted molar refractivity (Wildman–Crippen MR) is 218 cm³/mol. The van der Waals surface area contributed by atoms with E-state index < -0.39 is 52.4 Å². The minimum atomic E-state index is -1.10.